The Hall–Kier alpha value is -1.89. The maximum atomic E-state index is 13.2. The zero-order chi connectivity index (χ0) is 15.6. The Labute approximate surface area is 118 Å². The van der Waals surface area contributed by atoms with Crippen molar-refractivity contribution < 1.29 is 22.1 Å². The number of aromatic nitrogens is 1. The third-order valence-electron chi connectivity index (χ3n) is 3.10. The van der Waals surface area contributed by atoms with Gasteiger partial charge in [-0.3, -0.25) is 0 Å². The van der Waals surface area contributed by atoms with Crippen LogP contribution in [0.2, 0.25) is 0 Å². The molecule has 0 aliphatic rings. The van der Waals surface area contributed by atoms with Crippen LogP contribution in [0.5, 0.6) is 0 Å². The van der Waals surface area contributed by atoms with E-state index in [4.69, 9.17) is 4.52 Å². The van der Waals surface area contributed by atoms with Gasteiger partial charge in [-0.1, -0.05) is 5.16 Å². The summed E-state index contributed by atoms with van der Waals surface area (Å²) < 4.78 is 56.0. The predicted octanol–water partition coefficient (Wildman–Crippen LogP) is 3.74. The Morgan fingerprint density at radius 1 is 1.14 bits per heavy atom. The van der Waals surface area contributed by atoms with Crippen LogP contribution in [0.15, 0.2) is 22.7 Å². The Bertz CT molecular complexity index is 615. The molecule has 1 heterocycles. The van der Waals surface area contributed by atoms with Gasteiger partial charge in [0.25, 0.3) is 0 Å². The molecule has 0 bridgehead atoms. The van der Waals surface area contributed by atoms with Gasteiger partial charge in [0.15, 0.2) is 0 Å². The lowest BCUT2D eigenvalue weighted by Crippen LogP contribution is -2.15. The quantitative estimate of drug-likeness (QED) is 0.874. The summed E-state index contributed by atoms with van der Waals surface area (Å²) in [6, 6.07) is 2.50. The van der Waals surface area contributed by atoms with Crippen LogP contribution in [-0.4, -0.2) is 5.16 Å². The van der Waals surface area contributed by atoms with Gasteiger partial charge >= 0.3 is 6.18 Å². The van der Waals surface area contributed by atoms with Gasteiger partial charge in [0.05, 0.1) is 11.3 Å². The smallest absolute Gasteiger partial charge is 0.361 e. The van der Waals surface area contributed by atoms with Crippen LogP contribution in [0, 0.1) is 19.7 Å². The number of benzene rings is 1. The number of nitrogens with zero attached hydrogens (tertiary/aromatic N) is 1. The zero-order valence-electron chi connectivity index (χ0n) is 11.5. The average molecular weight is 302 g/mol. The molecule has 2 rings (SSSR count). The molecule has 114 valence electrons. The molecule has 0 fully saturated rings. The summed E-state index contributed by atoms with van der Waals surface area (Å²) in [4.78, 5) is 0. The number of rotatable bonds is 4. The van der Waals surface area contributed by atoms with E-state index in [0.29, 0.717) is 18.4 Å². The minimum Gasteiger partial charge on any atom is -0.361 e. The Morgan fingerprint density at radius 3 is 2.43 bits per heavy atom. The molecule has 0 unspecified atom stereocenters. The van der Waals surface area contributed by atoms with Crippen molar-refractivity contribution in [3.8, 4) is 0 Å². The molecule has 0 aliphatic carbocycles. The summed E-state index contributed by atoms with van der Waals surface area (Å²) in [6.07, 6.45) is -4.56. The van der Waals surface area contributed by atoms with E-state index in [1.54, 1.807) is 13.8 Å². The summed E-state index contributed by atoms with van der Waals surface area (Å²) in [5.74, 6) is -0.255. The highest BCUT2D eigenvalue weighted by Crippen LogP contribution is 2.30. The molecule has 0 saturated carbocycles. The topological polar surface area (TPSA) is 38.1 Å². The van der Waals surface area contributed by atoms with E-state index in [2.05, 4.69) is 10.5 Å². The maximum Gasteiger partial charge on any atom is 0.416 e. The maximum absolute atomic E-state index is 13.2. The van der Waals surface area contributed by atoms with E-state index in [1.165, 1.54) is 0 Å². The van der Waals surface area contributed by atoms with Crippen molar-refractivity contribution in [2.45, 2.75) is 33.1 Å². The largest absolute Gasteiger partial charge is 0.416 e. The van der Waals surface area contributed by atoms with Crippen molar-refractivity contribution in [2.75, 3.05) is 0 Å². The summed E-state index contributed by atoms with van der Waals surface area (Å²) in [7, 11) is 0. The van der Waals surface area contributed by atoms with E-state index < -0.39 is 17.6 Å². The molecule has 1 N–H and O–H groups in total. The van der Waals surface area contributed by atoms with Gasteiger partial charge in [-0.25, -0.2) is 4.39 Å². The second kappa shape index (κ2) is 5.85. The normalized spacial score (nSPS) is 11.9. The second-order valence-corrected chi connectivity index (χ2v) is 4.75. The van der Waals surface area contributed by atoms with Crippen molar-refractivity contribution >= 4 is 0 Å². The number of alkyl halides is 3. The lowest BCUT2D eigenvalue weighted by molar-refractivity contribution is -0.137. The lowest BCUT2D eigenvalue weighted by atomic mass is 10.1. The van der Waals surface area contributed by atoms with Crippen LogP contribution in [-0.2, 0) is 19.3 Å². The van der Waals surface area contributed by atoms with Gasteiger partial charge in [0.1, 0.15) is 11.6 Å². The molecule has 0 atom stereocenters. The second-order valence-electron chi connectivity index (χ2n) is 4.75. The molecule has 1 aromatic heterocycles. The molecule has 2 aromatic rings. The van der Waals surface area contributed by atoms with E-state index in [1.807, 2.05) is 0 Å². The summed E-state index contributed by atoms with van der Waals surface area (Å²) in [6.45, 7) is 4.03. The first-order valence-corrected chi connectivity index (χ1v) is 6.26. The van der Waals surface area contributed by atoms with Crippen LogP contribution in [0.1, 0.15) is 28.1 Å². The summed E-state index contributed by atoms with van der Waals surface area (Å²) in [5.41, 5.74) is 0.809. The molecule has 0 amide bonds. The number of nitrogens with one attached hydrogen (secondary N) is 1. The third kappa shape index (κ3) is 3.81. The Morgan fingerprint density at radius 2 is 1.86 bits per heavy atom. The Kier molecular flexibility index (Phi) is 4.32. The number of halogens is 4. The van der Waals surface area contributed by atoms with Crippen molar-refractivity contribution in [1.82, 2.24) is 10.5 Å². The monoisotopic (exact) mass is 302 g/mol. The summed E-state index contributed by atoms with van der Waals surface area (Å²) >= 11 is 0. The summed E-state index contributed by atoms with van der Waals surface area (Å²) in [5, 5.41) is 6.74. The number of aryl methyl sites for hydroxylation is 2. The Balaban J connectivity index is 2.05. The van der Waals surface area contributed by atoms with Gasteiger partial charge in [-0.15, -0.1) is 0 Å². The highest BCUT2D eigenvalue weighted by atomic mass is 19.4. The fourth-order valence-electron chi connectivity index (χ4n) is 2.00. The molecule has 3 nitrogen and oxygen atoms in total. The highest BCUT2D eigenvalue weighted by Gasteiger charge is 2.31. The van der Waals surface area contributed by atoms with Gasteiger partial charge in [-0.2, -0.15) is 13.2 Å². The third-order valence-corrected chi connectivity index (χ3v) is 3.10. The molecule has 0 aliphatic heterocycles. The predicted molar refractivity (Wildman–Crippen MR) is 67.9 cm³/mol. The number of hydrogen-bond donors (Lipinski definition) is 1. The zero-order valence-corrected chi connectivity index (χ0v) is 11.5. The first-order chi connectivity index (χ1) is 9.77. The van der Waals surface area contributed by atoms with Gasteiger partial charge < -0.3 is 9.84 Å². The SMILES string of the molecule is Cc1noc(C)c1CNCc1cc(F)cc(C(F)(F)F)c1. The molecule has 0 spiro atoms. The van der Waals surface area contributed by atoms with Crippen LogP contribution in [0.4, 0.5) is 17.6 Å². The van der Waals surface area contributed by atoms with Crippen molar-refractivity contribution in [3.63, 3.8) is 0 Å². The van der Waals surface area contributed by atoms with E-state index in [0.717, 1.165) is 23.4 Å². The van der Waals surface area contributed by atoms with Gasteiger partial charge in [-0.05, 0) is 37.6 Å². The van der Waals surface area contributed by atoms with E-state index >= 15 is 0 Å². The molecule has 0 saturated heterocycles. The lowest BCUT2D eigenvalue weighted by Gasteiger charge is -2.10. The standard InChI is InChI=1S/C14H14F4N2O/c1-8-13(9(2)21-20-8)7-19-6-10-3-11(14(16,17)18)5-12(15)4-10/h3-5,19H,6-7H2,1-2H3. The molecule has 0 radical (unpaired) electrons. The minimum absolute atomic E-state index is 0.116. The highest BCUT2D eigenvalue weighted by molar-refractivity contribution is 5.27. The van der Waals surface area contributed by atoms with Crippen molar-refractivity contribution in [3.05, 3.63) is 52.2 Å². The van der Waals surface area contributed by atoms with Gasteiger partial charge in [0, 0.05) is 18.7 Å². The fourth-order valence-corrected chi connectivity index (χ4v) is 2.00. The van der Waals surface area contributed by atoms with E-state index in [9.17, 15) is 17.6 Å². The van der Waals surface area contributed by atoms with Crippen LogP contribution in [0.3, 0.4) is 0 Å². The van der Waals surface area contributed by atoms with E-state index in [-0.39, 0.29) is 12.1 Å². The van der Waals surface area contributed by atoms with Crippen molar-refractivity contribution in [2.24, 2.45) is 0 Å². The van der Waals surface area contributed by atoms with Crippen LogP contribution in [0.25, 0.3) is 0 Å². The minimum atomic E-state index is -4.56. The number of hydrogen-bond acceptors (Lipinski definition) is 3. The first kappa shape index (κ1) is 15.5. The van der Waals surface area contributed by atoms with Gasteiger partial charge in [0.2, 0.25) is 0 Å². The molecular formula is C14H14F4N2O. The fraction of sp³-hybridized carbons (Fsp3) is 0.357. The van der Waals surface area contributed by atoms with Crippen LogP contribution >= 0.6 is 0 Å². The van der Waals surface area contributed by atoms with Crippen molar-refractivity contribution in [1.29, 1.82) is 0 Å². The molecule has 1 aromatic carbocycles. The molecule has 21 heavy (non-hydrogen) atoms. The average Bonchev–Trinajstić information content (AvgIpc) is 2.69. The first-order valence-electron chi connectivity index (χ1n) is 6.26. The molecular weight excluding hydrogens is 288 g/mol. The molecule has 7 heteroatoms. The van der Waals surface area contributed by atoms with Crippen LogP contribution < -0.4 is 5.32 Å².